The normalized spacial score (nSPS) is 12.5. The number of thiol groups is 1. The van der Waals surface area contributed by atoms with Crippen LogP contribution in [0.2, 0.25) is 0 Å². The molecule has 0 unspecified atom stereocenters. The molecule has 0 bridgehead atoms. The Morgan fingerprint density at radius 1 is 1.27 bits per heavy atom. The quantitative estimate of drug-likeness (QED) is 0.573. The number of rotatable bonds is 2. The summed E-state index contributed by atoms with van der Waals surface area (Å²) in [6.07, 6.45) is 4.23. The highest BCUT2D eigenvalue weighted by Crippen LogP contribution is 2.21. The van der Waals surface area contributed by atoms with Crippen LogP contribution in [-0.2, 0) is 0 Å². The van der Waals surface area contributed by atoms with Crippen LogP contribution in [0.4, 0.5) is 0 Å². The maximum Gasteiger partial charge on any atom is -0.0119 e. The van der Waals surface area contributed by atoms with Gasteiger partial charge in [0, 0.05) is 0 Å². The molecule has 0 aliphatic rings. The molecule has 80 valence electrons. The largest absolute Gasteiger partial charge is 0.151 e. The molecule has 0 saturated carbocycles. The highest BCUT2D eigenvalue weighted by atomic mass is 127. The molecule has 1 rings (SSSR count). The van der Waals surface area contributed by atoms with E-state index in [-0.39, 0.29) is 0 Å². The van der Waals surface area contributed by atoms with Crippen LogP contribution >= 0.6 is 35.2 Å². The van der Waals surface area contributed by atoms with Gasteiger partial charge in [-0.15, -0.1) is 0 Å². The highest BCUT2D eigenvalue weighted by Gasteiger charge is 2.00. The van der Waals surface area contributed by atoms with Crippen molar-refractivity contribution in [3.05, 3.63) is 43.4 Å². The molecule has 0 nitrogen and oxygen atoms in total. The molecule has 0 aromatic heterocycles. The molecule has 0 amide bonds. The molecule has 0 atom stereocenters. The average Bonchev–Trinajstić information content (AvgIpc) is 2.10. The molecule has 1 aromatic rings. The van der Waals surface area contributed by atoms with Crippen LogP contribution < -0.4 is 0 Å². The second kappa shape index (κ2) is 5.75. The second-order valence-corrected chi connectivity index (χ2v) is 5.61. The van der Waals surface area contributed by atoms with E-state index in [2.05, 4.69) is 74.2 Å². The smallest absolute Gasteiger partial charge is 0.0119 e. The van der Waals surface area contributed by atoms with E-state index >= 15 is 0 Å². The van der Waals surface area contributed by atoms with E-state index in [1.165, 1.54) is 25.8 Å². The summed E-state index contributed by atoms with van der Waals surface area (Å²) in [6.45, 7) is 6.37. The zero-order chi connectivity index (χ0) is 11.4. The fraction of sp³-hybridized carbons (Fsp3) is 0.231. The minimum absolute atomic E-state index is 1.27. The van der Waals surface area contributed by atoms with Gasteiger partial charge in [0.15, 0.2) is 0 Å². The zero-order valence-electron chi connectivity index (χ0n) is 9.21. The number of hydrogen-bond acceptors (Lipinski definition) is 1. The van der Waals surface area contributed by atoms with Crippen LogP contribution in [0.25, 0.3) is 12.2 Å². The Labute approximate surface area is 111 Å². The molecular formula is C13H15IS. The van der Waals surface area contributed by atoms with Gasteiger partial charge in [-0.3, -0.25) is 0 Å². The third-order valence-electron chi connectivity index (χ3n) is 2.22. The van der Waals surface area contributed by atoms with Gasteiger partial charge < -0.3 is 0 Å². The summed E-state index contributed by atoms with van der Waals surface area (Å²) in [5.41, 5.74) is 5.13. The molecule has 0 heterocycles. The summed E-state index contributed by atoms with van der Waals surface area (Å²) in [5.74, 6) is 0. The molecule has 2 heteroatoms. The van der Waals surface area contributed by atoms with Crippen LogP contribution in [0.3, 0.4) is 0 Å². The van der Waals surface area contributed by atoms with Crippen molar-refractivity contribution in [2.45, 2.75) is 20.8 Å². The van der Waals surface area contributed by atoms with Crippen molar-refractivity contribution < 1.29 is 0 Å². The lowest BCUT2D eigenvalue weighted by Crippen LogP contribution is -1.88. The molecule has 0 saturated heterocycles. The molecule has 0 aliphatic heterocycles. The summed E-state index contributed by atoms with van der Waals surface area (Å²) in [5, 5.41) is 1.79. The topological polar surface area (TPSA) is 0 Å². The summed E-state index contributed by atoms with van der Waals surface area (Å²) < 4.78 is 1.30. The van der Waals surface area contributed by atoms with Crippen molar-refractivity contribution in [3.63, 3.8) is 0 Å². The number of allylic oxidation sites excluding steroid dienone is 1. The summed E-state index contributed by atoms with van der Waals surface area (Å²) in [6, 6.07) is 4.41. The standard InChI is InChI=1S/C13H15IS/c1-9-6-12(8-11(3)14)7-10(2)13(9)4-5-15/h4-8,15H,1-3H3/b5-4+,11-8?. The van der Waals surface area contributed by atoms with E-state index in [0.717, 1.165) is 0 Å². The predicted molar refractivity (Wildman–Crippen MR) is 81.6 cm³/mol. The summed E-state index contributed by atoms with van der Waals surface area (Å²) in [4.78, 5) is 0. The van der Waals surface area contributed by atoms with Crippen LogP contribution in [0.5, 0.6) is 0 Å². The Morgan fingerprint density at radius 2 is 1.80 bits per heavy atom. The van der Waals surface area contributed by atoms with Gasteiger partial charge in [-0.1, -0.05) is 12.1 Å². The lowest BCUT2D eigenvalue weighted by atomic mass is 9.99. The highest BCUT2D eigenvalue weighted by molar-refractivity contribution is 14.1. The van der Waals surface area contributed by atoms with Gasteiger partial charge in [0.1, 0.15) is 0 Å². The van der Waals surface area contributed by atoms with Gasteiger partial charge in [-0.2, -0.15) is 12.6 Å². The fourth-order valence-corrected chi connectivity index (χ4v) is 2.17. The van der Waals surface area contributed by atoms with E-state index in [1.54, 1.807) is 5.41 Å². The van der Waals surface area contributed by atoms with Gasteiger partial charge in [0.05, 0.1) is 0 Å². The average molecular weight is 330 g/mol. The minimum atomic E-state index is 1.27. The summed E-state index contributed by atoms with van der Waals surface area (Å²) >= 11 is 6.44. The molecule has 0 aliphatic carbocycles. The van der Waals surface area contributed by atoms with Crippen molar-refractivity contribution in [2.24, 2.45) is 0 Å². The Balaban J connectivity index is 3.25. The summed E-state index contributed by atoms with van der Waals surface area (Å²) in [7, 11) is 0. The molecular weight excluding hydrogens is 315 g/mol. The fourth-order valence-electron chi connectivity index (χ4n) is 1.66. The number of benzene rings is 1. The first-order valence-electron chi connectivity index (χ1n) is 4.80. The van der Waals surface area contributed by atoms with Crippen LogP contribution in [0, 0.1) is 13.8 Å². The Morgan fingerprint density at radius 3 is 2.20 bits per heavy atom. The van der Waals surface area contributed by atoms with Crippen LogP contribution in [0.1, 0.15) is 29.2 Å². The Kier molecular flexibility index (Phi) is 4.93. The third kappa shape index (κ3) is 3.68. The maximum absolute atomic E-state index is 4.11. The number of aryl methyl sites for hydroxylation is 2. The second-order valence-electron chi connectivity index (χ2n) is 3.62. The van der Waals surface area contributed by atoms with Gasteiger partial charge in [0.25, 0.3) is 0 Å². The van der Waals surface area contributed by atoms with Crippen LogP contribution in [0.15, 0.2) is 21.1 Å². The SMILES string of the molecule is CC(I)=Cc1cc(C)c(/C=C/S)c(C)c1. The molecule has 0 spiro atoms. The van der Waals surface area contributed by atoms with E-state index < -0.39 is 0 Å². The van der Waals surface area contributed by atoms with Crippen molar-refractivity contribution in [3.8, 4) is 0 Å². The lowest BCUT2D eigenvalue weighted by molar-refractivity contribution is 1.34. The molecule has 0 fully saturated rings. The van der Waals surface area contributed by atoms with Crippen molar-refractivity contribution in [1.82, 2.24) is 0 Å². The molecule has 0 radical (unpaired) electrons. The first-order chi connectivity index (χ1) is 7.04. The monoisotopic (exact) mass is 330 g/mol. The Bertz CT molecular complexity index is 390. The third-order valence-corrected chi connectivity index (χ3v) is 2.68. The van der Waals surface area contributed by atoms with Crippen molar-refractivity contribution in [2.75, 3.05) is 0 Å². The van der Waals surface area contributed by atoms with E-state index in [0.29, 0.717) is 0 Å². The van der Waals surface area contributed by atoms with E-state index in [9.17, 15) is 0 Å². The van der Waals surface area contributed by atoms with Gasteiger partial charge >= 0.3 is 0 Å². The minimum Gasteiger partial charge on any atom is -0.151 e. The van der Waals surface area contributed by atoms with E-state index in [4.69, 9.17) is 0 Å². The number of halogens is 1. The van der Waals surface area contributed by atoms with Gasteiger partial charge in [-0.05, 0) is 86.8 Å². The van der Waals surface area contributed by atoms with Gasteiger partial charge in [-0.25, -0.2) is 0 Å². The van der Waals surface area contributed by atoms with Crippen molar-refractivity contribution in [1.29, 1.82) is 0 Å². The first-order valence-corrected chi connectivity index (χ1v) is 6.40. The van der Waals surface area contributed by atoms with E-state index in [1.807, 2.05) is 6.08 Å². The van der Waals surface area contributed by atoms with Gasteiger partial charge in [0.2, 0.25) is 0 Å². The zero-order valence-corrected chi connectivity index (χ0v) is 12.3. The Hall–Kier alpha value is -0.220. The molecule has 0 N–H and O–H groups in total. The van der Waals surface area contributed by atoms with Crippen LogP contribution in [-0.4, -0.2) is 0 Å². The molecule has 15 heavy (non-hydrogen) atoms. The predicted octanol–water partition coefficient (Wildman–Crippen LogP) is 5.00. The van der Waals surface area contributed by atoms with Crippen molar-refractivity contribution >= 4 is 47.4 Å². The molecule has 1 aromatic carbocycles. The first kappa shape index (κ1) is 12.8. The maximum atomic E-state index is 4.11. The number of hydrogen-bond donors (Lipinski definition) is 1. The lowest BCUT2D eigenvalue weighted by Gasteiger charge is -2.07.